The van der Waals surface area contributed by atoms with Crippen LogP contribution >= 0.6 is 0 Å². The van der Waals surface area contributed by atoms with Gasteiger partial charge in [-0.25, -0.2) is 5.43 Å². The molecule has 1 fully saturated rings. The van der Waals surface area contributed by atoms with Crippen molar-refractivity contribution in [1.29, 1.82) is 0 Å². The molecule has 0 unspecified atom stereocenters. The second-order valence-electron chi connectivity index (χ2n) is 10.6. The Kier molecular flexibility index (Phi) is 9.12. The fourth-order valence-electron chi connectivity index (χ4n) is 4.85. The molecule has 0 radical (unpaired) electrons. The molecule has 5 bridgehead atoms. The van der Waals surface area contributed by atoms with Crippen LogP contribution in [0.25, 0.3) is 16.8 Å². The van der Waals surface area contributed by atoms with E-state index in [1.807, 2.05) is 51.2 Å². The van der Waals surface area contributed by atoms with Gasteiger partial charge in [-0.2, -0.15) is 0 Å². The molecule has 1 saturated heterocycles. The number of hydrazine groups is 1. The lowest BCUT2D eigenvalue weighted by Gasteiger charge is -2.35. The number of fused-ring (bicyclic) bond motifs is 4. The molecule has 38 heavy (non-hydrogen) atoms. The second kappa shape index (κ2) is 12.5. The average Bonchev–Trinajstić information content (AvgIpc) is 2.90. The summed E-state index contributed by atoms with van der Waals surface area (Å²) in [4.78, 5) is 43.8. The molecule has 9 heteroatoms. The summed E-state index contributed by atoms with van der Waals surface area (Å²) >= 11 is 0. The summed E-state index contributed by atoms with van der Waals surface area (Å²) < 4.78 is 5.93. The molecule has 1 aromatic carbocycles. The smallest absolute Gasteiger partial charge is 0.258 e. The number of nitrogens with zero attached hydrogens (tertiary/aromatic N) is 2. The highest BCUT2D eigenvalue weighted by molar-refractivity contribution is 5.90. The zero-order valence-corrected chi connectivity index (χ0v) is 22.7. The maximum absolute atomic E-state index is 13.1. The number of benzene rings is 1. The maximum Gasteiger partial charge on any atom is 0.258 e. The lowest BCUT2D eigenvalue weighted by molar-refractivity contribution is -0.146. The van der Waals surface area contributed by atoms with E-state index in [1.165, 1.54) is 5.01 Å². The Morgan fingerprint density at radius 2 is 1.79 bits per heavy atom. The molecule has 204 valence electrons. The predicted octanol–water partition coefficient (Wildman–Crippen LogP) is 3.26. The third kappa shape index (κ3) is 6.76. The fourth-order valence-corrected chi connectivity index (χ4v) is 4.85. The molecule has 0 saturated carbocycles. The molecule has 2 aromatic rings. The minimum atomic E-state index is -0.755. The van der Waals surface area contributed by atoms with Gasteiger partial charge in [0.05, 0.1) is 11.7 Å². The van der Waals surface area contributed by atoms with E-state index in [9.17, 15) is 14.4 Å². The van der Waals surface area contributed by atoms with Crippen LogP contribution in [0.15, 0.2) is 36.5 Å². The van der Waals surface area contributed by atoms with Crippen LogP contribution in [0.5, 0.6) is 0 Å². The van der Waals surface area contributed by atoms with Crippen molar-refractivity contribution in [3.63, 3.8) is 0 Å². The van der Waals surface area contributed by atoms with Gasteiger partial charge in [0, 0.05) is 24.7 Å². The standard InChI is InChI=1S/C29H39N5O4/c1-18(2)26-28(36)32-20(4)29(37)34-13-8-10-25(33-34)27(35)31-19(3)21-11-12-22-17-30-24(16-23(22)15-21)9-6-5-7-14-38-26/h6,9,11-12,15-20,25-26,33H,5,7-8,10,13-14H2,1-4H3,(H,31,35)(H,32,36)/t19-,20+,25+,26+/m1/s1. The second-order valence-corrected chi connectivity index (χ2v) is 10.6. The van der Waals surface area contributed by atoms with Crippen LogP contribution in [0.2, 0.25) is 0 Å². The van der Waals surface area contributed by atoms with E-state index in [2.05, 4.69) is 33.2 Å². The van der Waals surface area contributed by atoms with E-state index < -0.39 is 18.2 Å². The molecule has 9 nitrogen and oxygen atoms in total. The van der Waals surface area contributed by atoms with Crippen LogP contribution in [0.1, 0.15) is 70.7 Å². The van der Waals surface area contributed by atoms with Crippen molar-refractivity contribution in [3.05, 3.63) is 47.8 Å². The van der Waals surface area contributed by atoms with Crippen LogP contribution in [0, 0.1) is 5.92 Å². The van der Waals surface area contributed by atoms with Crippen molar-refractivity contribution in [2.45, 2.75) is 77.6 Å². The number of nitrogens with one attached hydrogen (secondary N) is 3. The molecule has 3 heterocycles. The molecule has 1 aromatic heterocycles. The minimum absolute atomic E-state index is 0.0479. The predicted molar refractivity (Wildman–Crippen MR) is 147 cm³/mol. The average molecular weight is 522 g/mol. The highest BCUT2D eigenvalue weighted by Crippen LogP contribution is 2.22. The first kappa shape index (κ1) is 27.7. The van der Waals surface area contributed by atoms with Gasteiger partial charge in [0.1, 0.15) is 18.2 Å². The first-order valence-corrected chi connectivity index (χ1v) is 13.6. The van der Waals surface area contributed by atoms with Gasteiger partial charge in [-0.3, -0.25) is 24.4 Å². The monoisotopic (exact) mass is 521 g/mol. The van der Waals surface area contributed by atoms with Crippen LogP contribution in [-0.2, 0) is 19.1 Å². The Morgan fingerprint density at radius 3 is 2.58 bits per heavy atom. The number of ether oxygens (including phenoxy) is 1. The van der Waals surface area contributed by atoms with Crippen LogP contribution < -0.4 is 16.1 Å². The first-order valence-electron chi connectivity index (χ1n) is 13.6. The number of hydrogen-bond acceptors (Lipinski definition) is 6. The van der Waals surface area contributed by atoms with Crippen molar-refractivity contribution in [3.8, 4) is 0 Å². The Morgan fingerprint density at radius 1 is 1.00 bits per heavy atom. The highest BCUT2D eigenvalue weighted by Gasteiger charge is 2.32. The van der Waals surface area contributed by atoms with Crippen LogP contribution in [0.3, 0.4) is 0 Å². The van der Waals surface area contributed by atoms with Gasteiger partial charge in [-0.15, -0.1) is 0 Å². The van der Waals surface area contributed by atoms with Crippen molar-refractivity contribution in [2.75, 3.05) is 13.2 Å². The van der Waals surface area contributed by atoms with Gasteiger partial charge in [-0.05, 0) is 74.6 Å². The molecule has 0 aliphatic carbocycles. The van der Waals surface area contributed by atoms with Gasteiger partial charge in [0.15, 0.2) is 0 Å². The lowest BCUT2D eigenvalue weighted by Crippen LogP contribution is -2.61. The molecule has 4 rings (SSSR count). The molecule has 4 atom stereocenters. The number of carbonyl (C=O) groups is 3. The highest BCUT2D eigenvalue weighted by atomic mass is 16.5. The fraction of sp³-hybridized carbons (Fsp3) is 0.517. The van der Waals surface area contributed by atoms with Gasteiger partial charge in [0.2, 0.25) is 11.8 Å². The summed E-state index contributed by atoms with van der Waals surface area (Å²) in [5.74, 6) is -0.802. The topological polar surface area (TPSA) is 113 Å². The van der Waals surface area contributed by atoms with Crippen molar-refractivity contribution < 1.29 is 19.1 Å². The summed E-state index contributed by atoms with van der Waals surface area (Å²) in [5.41, 5.74) is 4.93. The molecular formula is C29H39N5O4. The minimum Gasteiger partial charge on any atom is -0.368 e. The summed E-state index contributed by atoms with van der Waals surface area (Å²) in [7, 11) is 0. The van der Waals surface area contributed by atoms with E-state index in [0.717, 1.165) is 34.9 Å². The van der Waals surface area contributed by atoms with E-state index in [1.54, 1.807) is 6.92 Å². The quantitative estimate of drug-likeness (QED) is 0.531. The van der Waals surface area contributed by atoms with Crippen LogP contribution in [-0.4, -0.2) is 59.1 Å². The first-order chi connectivity index (χ1) is 18.2. The molecule has 2 aliphatic heterocycles. The third-order valence-electron chi connectivity index (χ3n) is 7.09. The van der Waals surface area contributed by atoms with Crippen molar-refractivity contribution >= 4 is 34.6 Å². The Bertz CT molecular complexity index is 1200. The normalized spacial score (nSPS) is 26.2. The number of pyridine rings is 1. The summed E-state index contributed by atoms with van der Waals surface area (Å²) in [6.07, 6.45) is 8.09. The van der Waals surface area contributed by atoms with E-state index >= 15 is 0 Å². The summed E-state index contributed by atoms with van der Waals surface area (Å²) in [5, 5.41) is 9.44. The van der Waals surface area contributed by atoms with Crippen LogP contribution in [0.4, 0.5) is 0 Å². The van der Waals surface area contributed by atoms with E-state index in [-0.39, 0.29) is 29.7 Å². The van der Waals surface area contributed by atoms with Gasteiger partial charge in [0.25, 0.3) is 5.91 Å². The van der Waals surface area contributed by atoms with E-state index in [0.29, 0.717) is 26.0 Å². The summed E-state index contributed by atoms with van der Waals surface area (Å²) in [6.45, 7) is 8.36. The molecule has 3 N–H and O–H groups in total. The zero-order chi connectivity index (χ0) is 27.2. The van der Waals surface area contributed by atoms with Gasteiger partial charge < -0.3 is 15.4 Å². The number of allylic oxidation sites excluding steroid dienone is 1. The van der Waals surface area contributed by atoms with E-state index in [4.69, 9.17) is 4.74 Å². The Labute approximate surface area is 224 Å². The van der Waals surface area contributed by atoms with Crippen molar-refractivity contribution in [1.82, 2.24) is 26.1 Å². The summed E-state index contributed by atoms with van der Waals surface area (Å²) in [6, 6.07) is 6.64. The number of aromatic nitrogens is 1. The number of carbonyl (C=O) groups excluding carboxylic acids is 3. The number of rotatable bonds is 1. The molecule has 3 amide bonds. The molecular weight excluding hydrogens is 482 g/mol. The van der Waals surface area contributed by atoms with Gasteiger partial charge >= 0.3 is 0 Å². The number of hydrogen-bond donors (Lipinski definition) is 3. The molecule has 0 spiro atoms. The van der Waals surface area contributed by atoms with Gasteiger partial charge in [-0.1, -0.05) is 32.1 Å². The third-order valence-corrected chi connectivity index (χ3v) is 7.09. The van der Waals surface area contributed by atoms with Crippen molar-refractivity contribution in [2.24, 2.45) is 5.92 Å². The number of amides is 3. The Hall–Kier alpha value is -3.30. The Balaban J connectivity index is 1.58. The lowest BCUT2D eigenvalue weighted by atomic mass is 10.0. The maximum atomic E-state index is 13.1. The zero-order valence-electron chi connectivity index (χ0n) is 22.7. The largest absolute Gasteiger partial charge is 0.368 e. The molecule has 2 aliphatic rings. The SMILES string of the molecule is CC(C)[C@@H]1OCCCC=Cc2cc3cc(ccc3cn2)[C@@H](C)NC(=O)[C@@H]2CCCN(N2)C(=O)[C@H](C)NC1=O.